The van der Waals surface area contributed by atoms with Crippen LogP contribution in [0.5, 0.6) is 0 Å². The second kappa shape index (κ2) is 28.0. The number of likely N-dealkylation sites (N-methyl/N-ethyl adjacent to an activating group) is 2. The van der Waals surface area contributed by atoms with Crippen LogP contribution in [0.15, 0.2) is 0 Å². The third kappa shape index (κ3) is 19.8. The Bertz CT molecular complexity index is 514. The molecule has 0 aliphatic heterocycles. The van der Waals surface area contributed by atoms with Gasteiger partial charge in [-0.3, -0.25) is 0 Å². The summed E-state index contributed by atoms with van der Waals surface area (Å²) in [4.78, 5) is 0. The van der Waals surface area contributed by atoms with Gasteiger partial charge in [0.15, 0.2) is 0 Å². The Hall–Kier alpha value is -0.240. The number of unbranched alkanes of at least 4 members (excludes halogenated alkanes) is 10. The van der Waals surface area contributed by atoms with Crippen LogP contribution in [0.2, 0.25) is 0 Å². The topological polar surface area (TPSA) is 36.9 Å². The van der Waals surface area contributed by atoms with Gasteiger partial charge in [0.1, 0.15) is 13.1 Å². The number of nitrogens with zero attached hydrogens (tertiary/aromatic N) is 2. The Morgan fingerprint density at radius 3 is 0.930 bits per heavy atom. The Morgan fingerprint density at radius 1 is 0.349 bits per heavy atom. The molecule has 0 amide bonds. The minimum Gasteiger partial charge on any atom is -0.381 e. The van der Waals surface area contributed by atoms with E-state index in [2.05, 4.69) is 55.4 Å². The predicted octanol–water partition coefficient (Wildman–Crippen LogP) is 8.51. The highest BCUT2D eigenvalue weighted by Gasteiger charge is 2.33. The molecule has 0 aromatic carbocycles. The first-order chi connectivity index (χ1) is 20.9. The molecule has 0 aliphatic rings. The van der Waals surface area contributed by atoms with E-state index in [0.29, 0.717) is 26.4 Å². The van der Waals surface area contributed by atoms with Gasteiger partial charge >= 0.3 is 0 Å². The van der Waals surface area contributed by atoms with Crippen LogP contribution in [-0.4, -0.2) is 114 Å². The zero-order valence-electron chi connectivity index (χ0n) is 30.8. The highest BCUT2D eigenvalue weighted by molar-refractivity contribution is 4.79. The minimum atomic E-state index is -0.273. The summed E-state index contributed by atoms with van der Waals surface area (Å²) in [5, 5.41) is 0. The SMILES string of the molecule is CCCCCCCCOCC(COCCCCCCCC)(COCC[N+](CC)(CC)CC)COCC[N+](CC)(CC)CC. The van der Waals surface area contributed by atoms with Crippen LogP contribution in [0.25, 0.3) is 0 Å². The van der Waals surface area contributed by atoms with Crippen LogP contribution in [0.1, 0.15) is 132 Å². The highest BCUT2D eigenvalue weighted by atomic mass is 16.5. The Labute approximate surface area is 270 Å². The fraction of sp³-hybridized carbons (Fsp3) is 1.00. The molecule has 0 fully saturated rings. The summed E-state index contributed by atoms with van der Waals surface area (Å²) in [6, 6.07) is 0. The average molecular weight is 617 g/mol. The van der Waals surface area contributed by atoms with Crippen LogP contribution < -0.4 is 0 Å². The van der Waals surface area contributed by atoms with E-state index in [1.54, 1.807) is 0 Å². The molecule has 0 aromatic heterocycles. The third-order valence-electron chi connectivity index (χ3n) is 10.4. The van der Waals surface area contributed by atoms with Crippen molar-refractivity contribution in [2.45, 2.75) is 132 Å². The first kappa shape index (κ1) is 42.8. The van der Waals surface area contributed by atoms with Gasteiger partial charge in [0.25, 0.3) is 0 Å². The van der Waals surface area contributed by atoms with E-state index in [0.717, 1.165) is 101 Å². The fourth-order valence-electron chi connectivity index (χ4n) is 6.18. The predicted molar refractivity (Wildman–Crippen MR) is 186 cm³/mol. The summed E-state index contributed by atoms with van der Waals surface area (Å²) < 4.78 is 28.0. The summed E-state index contributed by atoms with van der Waals surface area (Å²) in [6.07, 6.45) is 15.4. The molecule has 0 unspecified atom stereocenters. The van der Waals surface area contributed by atoms with E-state index in [1.807, 2.05) is 0 Å². The maximum atomic E-state index is 6.51. The number of rotatable bonds is 34. The molecular formula is C37H80N2O4+2. The van der Waals surface area contributed by atoms with Gasteiger partial charge in [0, 0.05) is 13.2 Å². The molecule has 0 aliphatic carbocycles. The molecule has 0 heterocycles. The van der Waals surface area contributed by atoms with Gasteiger partial charge in [-0.2, -0.15) is 0 Å². The van der Waals surface area contributed by atoms with E-state index in [9.17, 15) is 0 Å². The summed E-state index contributed by atoms with van der Waals surface area (Å²) in [7, 11) is 0. The maximum absolute atomic E-state index is 6.51. The van der Waals surface area contributed by atoms with E-state index >= 15 is 0 Å². The second-order valence-corrected chi connectivity index (χ2v) is 13.3. The van der Waals surface area contributed by atoms with Crippen molar-refractivity contribution in [2.75, 3.05) is 105 Å². The lowest BCUT2D eigenvalue weighted by Crippen LogP contribution is -2.51. The minimum absolute atomic E-state index is 0.273. The average Bonchev–Trinajstić information content (AvgIpc) is 3.04. The van der Waals surface area contributed by atoms with Crippen molar-refractivity contribution in [3.63, 3.8) is 0 Å². The van der Waals surface area contributed by atoms with Crippen molar-refractivity contribution in [2.24, 2.45) is 5.41 Å². The summed E-state index contributed by atoms with van der Waals surface area (Å²) in [5.74, 6) is 0. The number of hydrogen-bond donors (Lipinski definition) is 0. The van der Waals surface area contributed by atoms with Crippen molar-refractivity contribution < 1.29 is 27.9 Å². The van der Waals surface area contributed by atoms with Crippen LogP contribution >= 0.6 is 0 Å². The number of ether oxygens (including phenoxy) is 4. The molecule has 43 heavy (non-hydrogen) atoms. The van der Waals surface area contributed by atoms with Crippen molar-refractivity contribution in [3.8, 4) is 0 Å². The largest absolute Gasteiger partial charge is 0.381 e. The standard InChI is InChI=1S/C37H80N2O4/c1-9-17-19-21-23-25-29-40-33-37(34-41-30-26-24-22-20-18-10-2,35-42-31-27-38(11-3,12-4)13-5)36-43-32-28-39(14-6,15-7)16-8/h9-36H2,1-8H3/q+2. The quantitative estimate of drug-likeness (QED) is 0.0537. The lowest BCUT2D eigenvalue weighted by Gasteiger charge is -2.38. The van der Waals surface area contributed by atoms with Crippen LogP contribution in [0.4, 0.5) is 0 Å². The lowest BCUT2D eigenvalue weighted by molar-refractivity contribution is -0.923. The van der Waals surface area contributed by atoms with E-state index in [4.69, 9.17) is 18.9 Å². The molecule has 0 saturated heterocycles. The first-order valence-corrected chi connectivity index (χ1v) is 18.9. The van der Waals surface area contributed by atoms with Gasteiger partial charge in [0.2, 0.25) is 0 Å². The molecule has 0 bridgehead atoms. The van der Waals surface area contributed by atoms with Crippen LogP contribution in [-0.2, 0) is 18.9 Å². The molecule has 0 aromatic rings. The molecule has 0 saturated carbocycles. The van der Waals surface area contributed by atoms with Gasteiger partial charge in [-0.05, 0) is 54.4 Å². The van der Waals surface area contributed by atoms with Gasteiger partial charge in [0.05, 0.1) is 84.3 Å². The van der Waals surface area contributed by atoms with Gasteiger partial charge < -0.3 is 27.9 Å². The van der Waals surface area contributed by atoms with E-state index in [1.165, 1.54) is 64.2 Å². The summed E-state index contributed by atoms with van der Waals surface area (Å²) in [6.45, 7) is 33.1. The fourth-order valence-corrected chi connectivity index (χ4v) is 6.18. The highest BCUT2D eigenvalue weighted by Crippen LogP contribution is 2.22. The normalized spacial score (nSPS) is 12.8. The van der Waals surface area contributed by atoms with E-state index in [-0.39, 0.29) is 5.41 Å². The smallest absolute Gasteiger partial charge is 0.102 e. The zero-order valence-corrected chi connectivity index (χ0v) is 30.8. The monoisotopic (exact) mass is 617 g/mol. The molecular weight excluding hydrogens is 536 g/mol. The van der Waals surface area contributed by atoms with Crippen molar-refractivity contribution >= 4 is 0 Å². The molecule has 0 atom stereocenters. The summed E-state index contributed by atoms with van der Waals surface area (Å²) in [5.41, 5.74) is -0.273. The third-order valence-corrected chi connectivity index (χ3v) is 10.4. The van der Waals surface area contributed by atoms with Gasteiger partial charge in [-0.25, -0.2) is 0 Å². The lowest BCUT2D eigenvalue weighted by atomic mass is 9.92. The van der Waals surface area contributed by atoms with Gasteiger partial charge in [-0.15, -0.1) is 0 Å². The molecule has 6 heteroatoms. The van der Waals surface area contributed by atoms with Crippen LogP contribution in [0.3, 0.4) is 0 Å². The molecule has 260 valence electrons. The first-order valence-electron chi connectivity index (χ1n) is 18.9. The molecule has 6 nitrogen and oxygen atoms in total. The molecule has 0 rings (SSSR count). The Balaban J connectivity index is 5.36. The van der Waals surface area contributed by atoms with Crippen molar-refractivity contribution in [3.05, 3.63) is 0 Å². The van der Waals surface area contributed by atoms with Crippen LogP contribution in [0, 0.1) is 5.41 Å². The van der Waals surface area contributed by atoms with E-state index < -0.39 is 0 Å². The second-order valence-electron chi connectivity index (χ2n) is 13.3. The Morgan fingerprint density at radius 2 is 0.628 bits per heavy atom. The molecule has 0 spiro atoms. The summed E-state index contributed by atoms with van der Waals surface area (Å²) >= 11 is 0. The van der Waals surface area contributed by atoms with Gasteiger partial charge in [-0.1, -0.05) is 78.1 Å². The Kier molecular flexibility index (Phi) is 27.9. The zero-order chi connectivity index (χ0) is 32.1. The van der Waals surface area contributed by atoms with Crippen molar-refractivity contribution in [1.29, 1.82) is 0 Å². The number of quaternary nitrogens is 2. The van der Waals surface area contributed by atoms with Crippen molar-refractivity contribution in [1.82, 2.24) is 0 Å². The maximum Gasteiger partial charge on any atom is 0.102 e. The number of hydrogen-bond acceptors (Lipinski definition) is 4. The molecule has 0 N–H and O–H groups in total. The molecule has 0 radical (unpaired) electrons.